The Morgan fingerprint density at radius 1 is 0.478 bits per heavy atom. The Morgan fingerprint density at radius 2 is 0.913 bits per heavy atom. The van der Waals surface area contributed by atoms with Crippen molar-refractivity contribution in [2.24, 2.45) is 0 Å². The normalized spacial score (nSPS) is 10.5. The molecule has 0 fully saturated rings. The Bertz CT molecular complexity index is 3510. The number of rotatable bonds is 9. The molecule has 0 bridgehead atoms. The lowest BCUT2D eigenvalue weighted by atomic mass is 9.95. The maximum Gasteiger partial charge on any atom is 0.247 e. The van der Waals surface area contributed by atoms with Crippen molar-refractivity contribution in [3.8, 4) is 67.3 Å². The summed E-state index contributed by atoms with van der Waals surface area (Å²) in [5.74, 6) is 1.08. The number of halogens is 3. The molecule has 0 aliphatic heterocycles. The van der Waals surface area contributed by atoms with E-state index in [0.29, 0.717) is 33.1 Å². The van der Waals surface area contributed by atoms with Gasteiger partial charge in [-0.2, -0.15) is 0 Å². The zero-order valence-electron chi connectivity index (χ0n) is 36.9. The smallest absolute Gasteiger partial charge is 0.247 e. The molecule has 2 aromatic heterocycles. The van der Waals surface area contributed by atoms with Crippen molar-refractivity contribution < 1.29 is 9.59 Å². The molecule has 2 heterocycles. The Balaban J connectivity index is 0.000000171. The first-order valence-electron chi connectivity index (χ1n) is 21.5. The van der Waals surface area contributed by atoms with Gasteiger partial charge in [0.15, 0.2) is 11.6 Å². The second-order valence-corrected chi connectivity index (χ2v) is 16.6. The van der Waals surface area contributed by atoms with E-state index in [-0.39, 0.29) is 5.91 Å². The average molecular weight is 960 g/mol. The molecule has 0 radical (unpaired) electrons. The number of amides is 1. The van der Waals surface area contributed by atoms with Crippen LogP contribution in [-0.2, 0) is 9.59 Å². The van der Waals surface area contributed by atoms with Crippen LogP contribution < -0.4 is 11.1 Å². The van der Waals surface area contributed by atoms with E-state index in [1.165, 1.54) is 6.08 Å². The first-order chi connectivity index (χ1) is 33.6. The summed E-state index contributed by atoms with van der Waals surface area (Å²) in [6, 6.07) is 59.3. The number of benzene rings is 8. The van der Waals surface area contributed by atoms with Crippen LogP contribution in [0.3, 0.4) is 0 Å². The van der Waals surface area contributed by atoms with Crippen molar-refractivity contribution in [1.82, 2.24) is 19.9 Å². The summed E-state index contributed by atoms with van der Waals surface area (Å²) < 4.78 is 0. The maximum absolute atomic E-state index is 11.9. The highest BCUT2D eigenvalue weighted by molar-refractivity contribution is 6.66. The predicted octanol–water partition coefficient (Wildman–Crippen LogP) is 15.2. The Kier molecular flexibility index (Phi) is 15.1. The van der Waals surface area contributed by atoms with E-state index in [1.54, 1.807) is 0 Å². The zero-order chi connectivity index (χ0) is 48.3. The molecule has 10 aromatic rings. The number of fused-ring (bicyclic) bond motifs is 2. The monoisotopic (exact) mass is 958 g/mol. The molecular weight excluding hydrogens is 919 g/mol. The minimum absolute atomic E-state index is 0.263. The van der Waals surface area contributed by atoms with Gasteiger partial charge in [0.2, 0.25) is 11.1 Å². The van der Waals surface area contributed by atoms with Crippen molar-refractivity contribution >= 4 is 79.1 Å². The van der Waals surface area contributed by atoms with Crippen LogP contribution in [0.25, 0.3) is 89.1 Å². The Labute approximate surface area is 414 Å². The van der Waals surface area contributed by atoms with E-state index in [1.807, 2.05) is 170 Å². The number of nitrogens with zero attached hydrogens (tertiary/aromatic N) is 4. The Morgan fingerprint density at radius 3 is 1.36 bits per heavy atom. The molecule has 0 aliphatic carbocycles. The van der Waals surface area contributed by atoms with E-state index in [0.717, 1.165) is 83.5 Å². The largest absolute Gasteiger partial charge is 0.399 e. The number of hydrogen-bond donors (Lipinski definition) is 2. The summed E-state index contributed by atoms with van der Waals surface area (Å²) >= 11 is 17.7. The summed E-state index contributed by atoms with van der Waals surface area (Å²) in [6.45, 7) is 6.61. The predicted molar refractivity (Wildman–Crippen MR) is 286 cm³/mol. The second kappa shape index (κ2) is 22.0. The quantitative estimate of drug-likeness (QED) is 0.0839. The van der Waals surface area contributed by atoms with Crippen molar-refractivity contribution in [1.29, 1.82) is 0 Å². The summed E-state index contributed by atoms with van der Waals surface area (Å²) in [7, 11) is 0. The molecule has 0 spiro atoms. The molecule has 10 rings (SSSR count). The van der Waals surface area contributed by atoms with Crippen molar-refractivity contribution in [3.63, 3.8) is 0 Å². The van der Waals surface area contributed by atoms with Gasteiger partial charge in [0, 0.05) is 78.0 Å². The molecular formula is C58H41Cl3N6O2. The lowest BCUT2D eigenvalue weighted by Crippen LogP contribution is -2.07. The van der Waals surface area contributed by atoms with Crippen LogP contribution in [0.4, 0.5) is 11.4 Å². The van der Waals surface area contributed by atoms with Gasteiger partial charge >= 0.3 is 0 Å². The molecule has 69 heavy (non-hydrogen) atoms. The highest BCUT2D eigenvalue weighted by Gasteiger charge is 2.16. The summed E-state index contributed by atoms with van der Waals surface area (Å²) in [5, 5.41) is 5.54. The number of aromatic nitrogens is 4. The first kappa shape index (κ1) is 47.2. The van der Waals surface area contributed by atoms with Gasteiger partial charge < -0.3 is 11.1 Å². The lowest BCUT2D eigenvalue weighted by molar-refractivity contribution is -0.112. The number of hydrogen-bond acceptors (Lipinski definition) is 7. The highest BCUT2D eigenvalue weighted by atomic mass is 35.5. The van der Waals surface area contributed by atoms with Crippen LogP contribution in [0.1, 0.15) is 0 Å². The topological polar surface area (TPSA) is 124 Å². The molecule has 8 nitrogen and oxygen atoms in total. The lowest BCUT2D eigenvalue weighted by Gasteiger charge is -2.13. The van der Waals surface area contributed by atoms with Gasteiger partial charge in [-0.25, -0.2) is 19.9 Å². The fourth-order valence-corrected chi connectivity index (χ4v) is 8.04. The van der Waals surface area contributed by atoms with E-state index in [9.17, 15) is 9.59 Å². The summed E-state index contributed by atoms with van der Waals surface area (Å²) in [6.07, 6.45) is 6.01. The van der Waals surface area contributed by atoms with Gasteiger partial charge in [-0.1, -0.05) is 158 Å². The van der Waals surface area contributed by atoms with Crippen molar-refractivity contribution in [2.75, 3.05) is 11.1 Å². The van der Waals surface area contributed by atoms with Crippen LogP contribution in [0.5, 0.6) is 0 Å². The third kappa shape index (κ3) is 11.5. The molecule has 336 valence electrons. The van der Waals surface area contributed by atoms with Gasteiger partial charge in [-0.15, -0.1) is 0 Å². The van der Waals surface area contributed by atoms with Crippen molar-refractivity contribution in [2.45, 2.75) is 0 Å². The number of carbonyl (C=O) groups is 2. The third-order valence-electron chi connectivity index (χ3n) is 10.8. The number of nitrogen functional groups attached to an aromatic ring is 1. The van der Waals surface area contributed by atoms with Gasteiger partial charge in [0.1, 0.15) is 0 Å². The van der Waals surface area contributed by atoms with Crippen molar-refractivity contribution in [3.05, 3.63) is 230 Å². The van der Waals surface area contributed by atoms with Gasteiger partial charge in [0.25, 0.3) is 0 Å². The molecule has 0 atom stereocenters. The number of nitrogens with two attached hydrogens (primary N) is 1. The molecule has 8 aromatic carbocycles. The fraction of sp³-hybridized carbons (Fsp3) is 0. The molecule has 0 saturated heterocycles. The molecule has 0 unspecified atom stereocenters. The number of carbonyl (C=O) groups excluding carboxylic acids is 2. The van der Waals surface area contributed by atoms with E-state index in [2.05, 4.69) is 52.7 Å². The van der Waals surface area contributed by atoms with E-state index >= 15 is 0 Å². The molecule has 3 N–H and O–H groups in total. The number of allylic oxidation sites excluding steroid dienone is 1. The van der Waals surface area contributed by atoms with Crippen LogP contribution in [0.15, 0.2) is 220 Å². The van der Waals surface area contributed by atoms with Gasteiger partial charge in [0.05, 0.1) is 11.0 Å². The molecule has 11 heteroatoms. The van der Waals surface area contributed by atoms with Crippen LogP contribution >= 0.6 is 34.8 Å². The van der Waals surface area contributed by atoms with E-state index in [4.69, 9.17) is 50.5 Å². The number of anilines is 2. The number of nitrogens with one attached hydrogen (secondary N) is 1. The highest BCUT2D eigenvalue weighted by Crippen LogP contribution is 2.39. The van der Waals surface area contributed by atoms with Crippen LogP contribution in [-0.4, -0.2) is 31.1 Å². The Hall–Kier alpha value is -8.27. The maximum atomic E-state index is 11.9. The zero-order valence-corrected chi connectivity index (χ0v) is 39.1. The average Bonchev–Trinajstić information content (AvgIpc) is 3.39. The fourth-order valence-electron chi connectivity index (χ4n) is 7.55. The summed E-state index contributed by atoms with van der Waals surface area (Å²) in [4.78, 5) is 40.4. The molecule has 0 saturated carbocycles. The minimum Gasteiger partial charge on any atom is -0.399 e. The van der Waals surface area contributed by atoms with Crippen LogP contribution in [0.2, 0.25) is 10.0 Å². The third-order valence-corrected chi connectivity index (χ3v) is 11.6. The van der Waals surface area contributed by atoms with Gasteiger partial charge in [-0.3, -0.25) is 9.59 Å². The molecule has 0 aliphatic rings. The molecule has 1 amide bonds. The minimum atomic E-state index is -0.509. The second-order valence-electron chi connectivity index (χ2n) is 15.4. The van der Waals surface area contributed by atoms with Crippen LogP contribution in [0, 0.1) is 0 Å². The summed E-state index contributed by atoms with van der Waals surface area (Å²) in [5.41, 5.74) is 18.8. The SMILES string of the molecule is C=CC(=O)Cl.C=CC(=O)Nc1cccc(-c2cc(-c3ccccc3Cl)cc3cnc(-c4ccccc4)nc23)c1.Nc1cccc(-c2cc(-c3ccccc3Cl)cc3cnc(-c4ccccc4)nc23)c1. The standard InChI is InChI=1S/C29H20ClN3O.C26H18ClN3.C3H3ClO/c1-2-27(34)32-23-12-8-11-20(16-23)25-17-21(24-13-6-7-14-26(24)30)15-22-18-31-29(33-28(22)25)19-9-4-3-5-10-19;27-24-12-5-4-11-22(24)19-13-20-16-29-26(17-7-2-1-3-8-17)30-25(20)23(15-19)18-9-6-10-21(28)14-18;1-2-3(4)5/h2-18H,1H2,(H,32,34);1-16H,28H2;2H,1H2. The first-order valence-corrected chi connectivity index (χ1v) is 22.7. The van der Waals surface area contributed by atoms with Gasteiger partial charge in [-0.05, 0) is 107 Å². The van der Waals surface area contributed by atoms with E-state index < -0.39 is 5.24 Å².